The number of nitrogens with one attached hydrogen (secondary N) is 1. The first-order valence-corrected chi connectivity index (χ1v) is 11.6. The van der Waals surface area contributed by atoms with Crippen LogP contribution in [0.2, 0.25) is 0 Å². The molecule has 1 N–H and O–H groups in total. The van der Waals surface area contributed by atoms with E-state index < -0.39 is 16.1 Å². The zero-order valence-electron chi connectivity index (χ0n) is 18.3. The fraction of sp³-hybridized carbons (Fsp3) is 0.167. The molecule has 0 unspecified atom stereocenters. The Kier molecular flexibility index (Phi) is 6.43. The number of methoxy groups -OCH3 is 2. The van der Waals surface area contributed by atoms with E-state index in [4.69, 9.17) is 14.2 Å². The van der Waals surface area contributed by atoms with Crippen LogP contribution in [-0.2, 0) is 10.0 Å². The van der Waals surface area contributed by atoms with Gasteiger partial charge in [0.15, 0.2) is 0 Å². The van der Waals surface area contributed by atoms with Gasteiger partial charge in [-0.1, -0.05) is 12.1 Å². The van der Waals surface area contributed by atoms with E-state index in [1.165, 1.54) is 19.2 Å². The van der Waals surface area contributed by atoms with E-state index in [0.717, 1.165) is 10.9 Å². The minimum absolute atomic E-state index is 0.140. The molecule has 0 aliphatic carbocycles. The van der Waals surface area contributed by atoms with Crippen molar-refractivity contribution in [1.82, 2.24) is 14.7 Å². The molecular weight excluding hydrogens is 442 g/mol. The highest BCUT2D eigenvalue weighted by molar-refractivity contribution is 7.89. The summed E-state index contributed by atoms with van der Waals surface area (Å²) in [7, 11) is -0.618. The molecule has 33 heavy (non-hydrogen) atoms. The van der Waals surface area contributed by atoms with Gasteiger partial charge in [-0.05, 0) is 61.0 Å². The summed E-state index contributed by atoms with van der Waals surface area (Å²) in [5.41, 5.74) is 1.40. The summed E-state index contributed by atoms with van der Waals surface area (Å²) < 4.78 is 44.8. The summed E-state index contributed by atoms with van der Waals surface area (Å²) in [6, 6.07) is 16.6. The SMILES string of the molecule is COc1ccc([C@@H](C)NS(=O)(=O)c2ccc(Oc3ccnc4c(OC)nccc34)cc2)cc1. The molecule has 4 rings (SSSR count). The van der Waals surface area contributed by atoms with Crippen LogP contribution in [0.3, 0.4) is 0 Å². The van der Waals surface area contributed by atoms with Crippen LogP contribution in [-0.4, -0.2) is 32.6 Å². The first kappa shape index (κ1) is 22.5. The van der Waals surface area contributed by atoms with Gasteiger partial charge in [0.25, 0.3) is 0 Å². The highest BCUT2D eigenvalue weighted by Gasteiger charge is 2.19. The Morgan fingerprint density at radius 3 is 2.15 bits per heavy atom. The van der Waals surface area contributed by atoms with Gasteiger partial charge in [0.2, 0.25) is 15.9 Å². The number of aromatic nitrogens is 2. The largest absolute Gasteiger partial charge is 0.497 e. The molecule has 0 spiro atoms. The molecule has 1 atom stereocenters. The molecule has 0 saturated heterocycles. The lowest BCUT2D eigenvalue weighted by molar-refractivity contribution is 0.402. The maximum Gasteiger partial charge on any atom is 0.241 e. The third-order valence-electron chi connectivity index (χ3n) is 5.09. The van der Waals surface area contributed by atoms with Crippen molar-refractivity contribution in [2.45, 2.75) is 17.9 Å². The molecule has 0 radical (unpaired) electrons. The maximum absolute atomic E-state index is 12.8. The summed E-state index contributed by atoms with van der Waals surface area (Å²) in [5, 5.41) is 0.732. The molecule has 0 aliphatic rings. The zero-order valence-corrected chi connectivity index (χ0v) is 19.2. The molecule has 2 aromatic carbocycles. The fourth-order valence-electron chi connectivity index (χ4n) is 3.34. The van der Waals surface area contributed by atoms with Crippen molar-refractivity contribution >= 4 is 20.9 Å². The number of nitrogens with zero attached hydrogens (tertiary/aromatic N) is 2. The maximum atomic E-state index is 12.8. The molecule has 0 saturated carbocycles. The minimum Gasteiger partial charge on any atom is -0.497 e. The number of fused-ring (bicyclic) bond motifs is 1. The van der Waals surface area contributed by atoms with E-state index in [0.29, 0.717) is 28.6 Å². The fourth-order valence-corrected chi connectivity index (χ4v) is 4.57. The van der Waals surface area contributed by atoms with Crippen molar-refractivity contribution in [2.75, 3.05) is 14.2 Å². The van der Waals surface area contributed by atoms with Gasteiger partial charge in [0.1, 0.15) is 22.8 Å². The molecule has 2 aromatic heterocycles. The van der Waals surface area contributed by atoms with E-state index in [1.807, 2.05) is 12.1 Å². The molecule has 8 nitrogen and oxygen atoms in total. The second kappa shape index (κ2) is 9.43. The van der Waals surface area contributed by atoms with Crippen molar-refractivity contribution in [3.05, 3.63) is 78.6 Å². The quantitative estimate of drug-likeness (QED) is 0.410. The lowest BCUT2D eigenvalue weighted by atomic mass is 10.1. The van der Waals surface area contributed by atoms with Gasteiger partial charge in [-0.25, -0.2) is 18.1 Å². The van der Waals surface area contributed by atoms with Crippen molar-refractivity contribution in [3.63, 3.8) is 0 Å². The van der Waals surface area contributed by atoms with E-state index in [2.05, 4.69) is 14.7 Å². The normalized spacial score (nSPS) is 12.3. The van der Waals surface area contributed by atoms with Crippen LogP contribution in [0.4, 0.5) is 0 Å². The van der Waals surface area contributed by atoms with Crippen molar-refractivity contribution in [1.29, 1.82) is 0 Å². The third kappa shape index (κ3) is 4.89. The Balaban J connectivity index is 1.51. The summed E-state index contributed by atoms with van der Waals surface area (Å²) in [5.74, 6) is 2.15. The average molecular weight is 466 g/mol. The van der Waals surface area contributed by atoms with Crippen LogP contribution in [0.25, 0.3) is 10.9 Å². The van der Waals surface area contributed by atoms with E-state index >= 15 is 0 Å². The summed E-state index contributed by atoms with van der Waals surface area (Å²) in [4.78, 5) is 8.59. The Morgan fingerprint density at radius 2 is 1.48 bits per heavy atom. The smallest absolute Gasteiger partial charge is 0.241 e. The Hall–Kier alpha value is -3.69. The summed E-state index contributed by atoms with van der Waals surface area (Å²) >= 11 is 0. The van der Waals surface area contributed by atoms with Crippen LogP contribution in [0, 0.1) is 0 Å². The third-order valence-corrected chi connectivity index (χ3v) is 6.65. The molecule has 2 heterocycles. The Labute approximate surface area is 192 Å². The number of pyridine rings is 2. The predicted molar refractivity (Wildman–Crippen MR) is 124 cm³/mol. The van der Waals surface area contributed by atoms with Crippen molar-refractivity contribution < 1.29 is 22.6 Å². The van der Waals surface area contributed by atoms with Gasteiger partial charge < -0.3 is 14.2 Å². The van der Waals surface area contributed by atoms with E-state index in [9.17, 15) is 8.42 Å². The van der Waals surface area contributed by atoms with Crippen LogP contribution >= 0.6 is 0 Å². The Bertz CT molecular complexity index is 1360. The van der Waals surface area contributed by atoms with Gasteiger partial charge in [-0.3, -0.25) is 4.98 Å². The van der Waals surface area contributed by atoms with Crippen molar-refractivity contribution in [2.24, 2.45) is 0 Å². The summed E-state index contributed by atoms with van der Waals surface area (Å²) in [6.07, 6.45) is 3.21. The molecule has 0 amide bonds. The lowest BCUT2D eigenvalue weighted by Gasteiger charge is -2.15. The minimum atomic E-state index is -3.73. The first-order valence-electron chi connectivity index (χ1n) is 10.1. The Morgan fingerprint density at radius 1 is 0.818 bits per heavy atom. The number of hydrogen-bond acceptors (Lipinski definition) is 7. The summed E-state index contributed by atoms with van der Waals surface area (Å²) in [6.45, 7) is 1.79. The number of ether oxygens (including phenoxy) is 3. The zero-order chi connectivity index (χ0) is 23.4. The molecule has 9 heteroatoms. The second-order valence-electron chi connectivity index (χ2n) is 7.22. The predicted octanol–water partition coefficient (Wildman–Crippen LogP) is 4.48. The first-order chi connectivity index (χ1) is 15.9. The van der Waals surface area contributed by atoms with E-state index in [1.54, 1.807) is 62.8 Å². The molecular formula is C24H23N3O5S. The van der Waals surface area contributed by atoms with E-state index in [-0.39, 0.29) is 4.90 Å². The standard InChI is InChI=1S/C24H23N3O5S/c1-16(17-4-6-18(30-2)7-5-17)27-33(28,29)20-10-8-19(9-11-20)32-22-13-15-25-23-21(22)12-14-26-24(23)31-3/h4-16,27H,1-3H3/t16-/m1/s1. The molecule has 0 bridgehead atoms. The number of benzene rings is 2. The lowest BCUT2D eigenvalue weighted by Crippen LogP contribution is -2.26. The topological polar surface area (TPSA) is 99.6 Å². The number of sulfonamides is 1. The number of rotatable bonds is 8. The van der Waals surface area contributed by atoms with Crippen LogP contribution in [0.15, 0.2) is 78.0 Å². The highest BCUT2D eigenvalue weighted by Crippen LogP contribution is 2.32. The molecule has 4 aromatic rings. The highest BCUT2D eigenvalue weighted by atomic mass is 32.2. The molecule has 0 aliphatic heterocycles. The van der Waals surface area contributed by atoms with Gasteiger partial charge in [-0.2, -0.15) is 0 Å². The second-order valence-corrected chi connectivity index (χ2v) is 8.93. The average Bonchev–Trinajstić information content (AvgIpc) is 2.84. The van der Waals surface area contributed by atoms with Gasteiger partial charge in [0.05, 0.1) is 24.5 Å². The molecule has 0 fully saturated rings. The van der Waals surface area contributed by atoms with Gasteiger partial charge in [0, 0.05) is 18.4 Å². The van der Waals surface area contributed by atoms with Crippen molar-refractivity contribution in [3.8, 4) is 23.1 Å². The molecule has 170 valence electrons. The van der Waals surface area contributed by atoms with Gasteiger partial charge >= 0.3 is 0 Å². The monoisotopic (exact) mass is 465 g/mol. The van der Waals surface area contributed by atoms with Crippen LogP contribution in [0.1, 0.15) is 18.5 Å². The van der Waals surface area contributed by atoms with Crippen LogP contribution in [0.5, 0.6) is 23.1 Å². The van der Waals surface area contributed by atoms with Crippen LogP contribution < -0.4 is 18.9 Å². The number of hydrogen-bond donors (Lipinski definition) is 1. The van der Waals surface area contributed by atoms with Gasteiger partial charge in [-0.15, -0.1) is 0 Å².